The summed E-state index contributed by atoms with van der Waals surface area (Å²) in [6, 6.07) is 5.17. The van der Waals surface area contributed by atoms with E-state index in [0.29, 0.717) is 36.9 Å². The Morgan fingerprint density at radius 1 is 1.15 bits per heavy atom. The zero-order valence-corrected chi connectivity index (χ0v) is 15.6. The predicted molar refractivity (Wildman–Crippen MR) is 100 cm³/mol. The van der Waals surface area contributed by atoms with Gasteiger partial charge in [-0.15, -0.1) is 0 Å². The fourth-order valence-corrected chi connectivity index (χ4v) is 3.38. The second kappa shape index (κ2) is 9.05. The van der Waals surface area contributed by atoms with Crippen LogP contribution in [0.25, 0.3) is 0 Å². The third-order valence-corrected chi connectivity index (χ3v) is 4.90. The Balaban J connectivity index is 1.56. The van der Waals surface area contributed by atoms with E-state index in [0.717, 1.165) is 32.6 Å². The minimum atomic E-state index is -0.940. The Hall–Kier alpha value is -2.32. The molecule has 2 aliphatic rings. The van der Waals surface area contributed by atoms with Crippen LogP contribution in [0.5, 0.6) is 11.5 Å². The zero-order chi connectivity index (χ0) is 19.2. The van der Waals surface area contributed by atoms with Gasteiger partial charge in [-0.3, -0.25) is 9.59 Å². The van der Waals surface area contributed by atoms with Crippen LogP contribution in [0.15, 0.2) is 18.2 Å². The first-order valence-corrected chi connectivity index (χ1v) is 9.34. The number of carbonyl (C=O) groups excluding carboxylic acids is 1. The van der Waals surface area contributed by atoms with Crippen LogP contribution >= 0.6 is 0 Å². The van der Waals surface area contributed by atoms with E-state index in [1.807, 2.05) is 0 Å². The maximum absolute atomic E-state index is 12.4. The molecule has 1 fully saturated rings. The number of ether oxygens (including phenoxy) is 2. The monoisotopic (exact) mass is 377 g/mol. The minimum absolute atomic E-state index is 0.0594. The Kier molecular flexibility index (Phi) is 6.52. The van der Waals surface area contributed by atoms with Gasteiger partial charge in [0.25, 0.3) is 0 Å². The molecule has 1 aromatic carbocycles. The molecule has 0 bridgehead atoms. The number of hydrogen-bond acceptors (Lipinski definition) is 6. The van der Waals surface area contributed by atoms with Crippen LogP contribution < -0.4 is 14.8 Å². The lowest BCUT2D eigenvalue weighted by Crippen LogP contribution is -2.37. The molecule has 1 amide bonds. The first-order valence-electron chi connectivity index (χ1n) is 9.34. The van der Waals surface area contributed by atoms with E-state index in [1.165, 1.54) is 0 Å². The number of benzene rings is 1. The second-order valence-corrected chi connectivity index (χ2v) is 7.10. The van der Waals surface area contributed by atoms with E-state index >= 15 is 0 Å². The normalized spacial score (nSPS) is 19.1. The highest BCUT2D eigenvalue weighted by Gasteiger charge is 2.25. The van der Waals surface area contributed by atoms with E-state index in [-0.39, 0.29) is 12.3 Å². The lowest BCUT2D eigenvalue weighted by Gasteiger charge is -2.24. The van der Waals surface area contributed by atoms with Crippen molar-refractivity contribution >= 4 is 17.6 Å². The maximum atomic E-state index is 12.4. The van der Waals surface area contributed by atoms with Crippen molar-refractivity contribution in [2.24, 2.45) is 5.92 Å². The van der Waals surface area contributed by atoms with Crippen LogP contribution in [0.2, 0.25) is 0 Å². The fourth-order valence-electron chi connectivity index (χ4n) is 3.38. The standard InChI is InChI=1S/C19H27N3O5/c1-21-5-2-6-22(8-7-21)13-14(19(24)25)11-18(23)20-15-3-4-16-17(12-15)27-10-9-26-16/h3-4,12,14H,2,5-11,13H2,1H3,(H,20,23)(H,24,25)/t14-/m0/s1. The van der Waals surface area contributed by atoms with Crippen molar-refractivity contribution in [3.05, 3.63) is 18.2 Å². The number of rotatable bonds is 6. The summed E-state index contributed by atoms with van der Waals surface area (Å²) in [5.41, 5.74) is 0.574. The van der Waals surface area contributed by atoms with Gasteiger partial charge in [-0.05, 0) is 38.7 Å². The number of amides is 1. The summed E-state index contributed by atoms with van der Waals surface area (Å²) < 4.78 is 11.0. The average molecular weight is 377 g/mol. The third-order valence-electron chi connectivity index (χ3n) is 4.90. The molecule has 0 aromatic heterocycles. The quantitative estimate of drug-likeness (QED) is 0.768. The molecule has 1 atom stereocenters. The fraction of sp³-hybridized carbons (Fsp3) is 0.579. The Morgan fingerprint density at radius 3 is 2.70 bits per heavy atom. The van der Waals surface area contributed by atoms with Crippen LogP contribution in [0.1, 0.15) is 12.8 Å². The van der Waals surface area contributed by atoms with E-state index < -0.39 is 11.9 Å². The number of hydrogen-bond donors (Lipinski definition) is 2. The number of likely N-dealkylation sites (N-methyl/N-ethyl adjacent to an activating group) is 1. The summed E-state index contributed by atoms with van der Waals surface area (Å²) in [4.78, 5) is 28.4. The molecular formula is C19H27N3O5. The van der Waals surface area contributed by atoms with Crippen LogP contribution in [0, 0.1) is 5.92 Å². The van der Waals surface area contributed by atoms with Gasteiger partial charge in [0.15, 0.2) is 11.5 Å². The van der Waals surface area contributed by atoms with Crippen LogP contribution in [0.4, 0.5) is 5.69 Å². The van der Waals surface area contributed by atoms with Crippen LogP contribution in [-0.4, -0.2) is 79.8 Å². The Morgan fingerprint density at radius 2 is 1.93 bits per heavy atom. The molecule has 0 unspecified atom stereocenters. The number of carboxylic acids is 1. The van der Waals surface area contributed by atoms with Crippen molar-refractivity contribution in [1.29, 1.82) is 0 Å². The van der Waals surface area contributed by atoms with Gasteiger partial charge in [0.05, 0.1) is 5.92 Å². The maximum Gasteiger partial charge on any atom is 0.308 e. The SMILES string of the molecule is CN1CCCN(C[C@H](CC(=O)Nc2ccc3c(c2)OCCO3)C(=O)O)CC1. The largest absolute Gasteiger partial charge is 0.486 e. The van der Waals surface area contributed by atoms with Gasteiger partial charge < -0.3 is 29.7 Å². The highest BCUT2D eigenvalue weighted by atomic mass is 16.6. The number of carboxylic acid groups (broad SMARTS) is 1. The molecule has 0 saturated carbocycles. The van der Waals surface area contributed by atoms with Crippen molar-refractivity contribution < 1.29 is 24.2 Å². The molecular weight excluding hydrogens is 350 g/mol. The molecule has 27 heavy (non-hydrogen) atoms. The summed E-state index contributed by atoms with van der Waals surface area (Å²) in [5, 5.41) is 12.3. The van der Waals surface area contributed by atoms with Gasteiger partial charge in [-0.2, -0.15) is 0 Å². The third kappa shape index (κ3) is 5.58. The molecule has 0 radical (unpaired) electrons. The van der Waals surface area contributed by atoms with E-state index in [9.17, 15) is 14.7 Å². The Labute approximate surface area is 159 Å². The predicted octanol–water partition coefficient (Wildman–Crippen LogP) is 1.12. The van der Waals surface area contributed by atoms with Gasteiger partial charge in [-0.1, -0.05) is 0 Å². The number of aliphatic carboxylic acids is 1. The van der Waals surface area contributed by atoms with Crippen molar-refractivity contribution in [2.45, 2.75) is 12.8 Å². The number of anilines is 1. The van der Waals surface area contributed by atoms with Crippen molar-refractivity contribution in [3.63, 3.8) is 0 Å². The molecule has 2 heterocycles. The molecule has 0 aliphatic carbocycles. The molecule has 8 heteroatoms. The van der Waals surface area contributed by atoms with Gasteiger partial charge in [0.1, 0.15) is 13.2 Å². The lowest BCUT2D eigenvalue weighted by molar-refractivity contribution is -0.144. The molecule has 3 rings (SSSR count). The molecule has 1 saturated heterocycles. The van der Waals surface area contributed by atoms with E-state index in [4.69, 9.17) is 9.47 Å². The molecule has 0 spiro atoms. The minimum Gasteiger partial charge on any atom is -0.486 e. The number of nitrogens with zero attached hydrogens (tertiary/aromatic N) is 2. The molecule has 8 nitrogen and oxygen atoms in total. The van der Waals surface area contributed by atoms with Crippen molar-refractivity contribution in [1.82, 2.24) is 9.80 Å². The van der Waals surface area contributed by atoms with Gasteiger partial charge >= 0.3 is 5.97 Å². The van der Waals surface area contributed by atoms with Gasteiger partial charge in [-0.25, -0.2) is 0 Å². The lowest BCUT2D eigenvalue weighted by atomic mass is 10.0. The summed E-state index contributed by atoms with van der Waals surface area (Å²) in [7, 11) is 2.07. The summed E-state index contributed by atoms with van der Waals surface area (Å²) >= 11 is 0. The van der Waals surface area contributed by atoms with E-state index in [1.54, 1.807) is 18.2 Å². The molecule has 2 aliphatic heterocycles. The Bertz CT molecular complexity index is 681. The topological polar surface area (TPSA) is 91.3 Å². The van der Waals surface area contributed by atoms with Crippen LogP contribution in [-0.2, 0) is 9.59 Å². The first-order chi connectivity index (χ1) is 13.0. The smallest absolute Gasteiger partial charge is 0.308 e. The van der Waals surface area contributed by atoms with E-state index in [2.05, 4.69) is 22.2 Å². The number of fused-ring (bicyclic) bond motifs is 1. The second-order valence-electron chi connectivity index (χ2n) is 7.10. The first kappa shape index (κ1) is 19.4. The van der Waals surface area contributed by atoms with Gasteiger partial charge in [0.2, 0.25) is 5.91 Å². The van der Waals surface area contributed by atoms with Crippen molar-refractivity contribution in [3.8, 4) is 11.5 Å². The molecule has 148 valence electrons. The summed E-state index contributed by atoms with van der Waals surface area (Å²) in [6.07, 6.45) is 0.947. The highest BCUT2D eigenvalue weighted by molar-refractivity contribution is 5.93. The highest BCUT2D eigenvalue weighted by Crippen LogP contribution is 2.32. The number of nitrogens with one attached hydrogen (secondary N) is 1. The summed E-state index contributed by atoms with van der Waals surface area (Å²) in [5.74, 6) is -0.752. The zero-order valence-electron chi connectivity index (χ0n) is 15.6. The average Bonchev–Trinajstić information content (AvgIpc) is 2.85. The molecule has 2 N–H and O–H groups in total. The van der Waals surface area contributed by atoms with Crippen molar-refractivity contribution in [2.75, 3.05) is 58.3 Å². The molecule has 1 aromatic rings. The number of carbonyl (C=O) groups is 2. The summed E-state index contributed by atoms with van der Waals surface area (Å²) in [6.45, 7) is 4.97. The van der Waals surface area contributed by atoms with Gasteiger partial charge in [0, 0.05) is 37.8 Å². The van der Waals surface area contributed by atoms with Crippen LogP contribution in [0.3, 0.4) is 0 Å².